The summed E-state index contributed by atoms with van der Waals surface area (Å²) in [6, 6.07) is 8.09. The number of rotatable bonds is 5. The number of aromatic nitrogens is 1. The SMILES string of the molecule is O=C(CCc1nc2ccccc2s1)N1CCN(CC(=O)N2CCCC2)CC1. The first-order chi connectivity index (χ1) is 13.2. The molecule has 0 bridgehead atoms. The van der Waals surface area contributed by atoms with E-state index in [1.165, 1.54) is 4.70 Å². The average molecular weight is 387 g/mol. The molecular weight excluding hydrogens is 360 g/mol. The van der Waals surface area contributed by atoms with Crippen molar-refractivity contribution in [1.29, 1.82) is 0 Å². The quantitative estimate of drug-likeness (QED) is 0.789. The van der Waals surface area contributed by atoms with Crippen molar-refractivity contribution in [3.05, 3.63) is 29.3 Å². The zero-order valence-corrected chi connectivity index (χ0v) is 16.4. The normalized spacial score (nSPS) is 18.4. The maximum absolute atomic E-state index is 12.5. The number of para-hydroxylation sites is 1. The molecule has 0 unspecified atom stereocenters. The number of benzene rings is 1. The summed E-state index contributed by atoms with van der Waals surface area (Å²) in [6.07, 6.45) is 3.46. The van der Waals surface area contributed by atoms with Gasteiger partial charge < -0.3 is 9.80 Å². The standard InChI is InChI=1S/C20H26N4O2S/c25-19(8-7-18-21-16-5-1-2-6-17(16)27-18)24-13-11-22(12-14-24)15-20(26)23-9-3-4-10-23/h1-2,5-6H,3-4,7-15H2. The van der Waals surface area contributed by atoms with E-state index in [0.29, 0.717) is 32.5 Å². The minimum atomic E-state index is 0.194. The number of likely N-dealkylation sites (tertiary alicyclic amines) is 1. The highest BCUT2D eigenvalue weighted by molar-refractivity contribution is 7.18. The minimum Gasteiger partial charge on any atom is -0.342 e. The number of nitrogens with zero attached hydrogens (tertiary/aromatic N) is 4. The highest BCUT2D eigenvalue weighted by atomic mass is 32.1. The second-order valence-corrected chi connectivity index (χ2v) is 8.44. The van der Waals surface area contributed by atoms with Crippen LogP contribution in [0, 0.1) is 0 Å². The van der Waals surface area contributed by atoms with Crippen LogP contribution in [0.4, 0.5) is 0 Å². The van der Waals surface area contributed by atoms with Gasteiger partial charge in [0.25, 0.3) is 0 Å². The molecule has 1 aromatic carbocycles. The predicted octanol–water partition coefficient (Wildman–Crippen LogP) is 2.00. The topological polar surface area (TPSA) is 56.8 Å². The maximum atomic E-state index is 12.5. The molecular formula is C20H26N4O2S. The fourth-order valence-corrected chi connectivity index (χ4v) is 4.78. The minimum absolute atomic E-state index is 0.194. The number of carbonyl (C=O) groups is 2. The van der Waals surface area contributed by atoms with Gasteiger partial charge in [0.05, 0.1) is 21.8 Å². The van der Waals surface area contributed by atoms with Crippen molar-refractivity contribution in [3.63, 3.8) is 0 Å². The lowest BCUT2D eigenvalue weighted by molar-refractivity contribution is -0.134. The Balaban J connectivity index is 1.22. The molecule has 0 radical (unpaired) electrons. The summed E-state index contributed by atoms with van der Waals surface area (Å²) in [4.78, 5) is 35.5. The van der Waals surface area contributed by atoms with Crippen LogP contribution in [-0.4, -0.2) is 77.3 Å². The second kappa shape index (κ2) is 8.35. The number of amides is 2. The van der Waals surface area contributed by atoms with Gasteiger partial charge >= 0.3 is 0 Å². The molecule has 2 aliphatic heterocycles. The summed E-state index contributed by atoms with van der Waals surface area (Å²) in [5.74, 6) is 0.433. The van der Waals surface area contributed by atoms with E-state index in [4.69, 9.17) is 0 Å². The summed E-state index contributed by atoms with van der Waals surface area (Å²) in [5.41, 5.74) is 1.02. The molecule has 0 aliphatic carbocycles. The fourth-order valence-electron chi connectivity index (χ4n) is 3.81. The molecule has 2 amide bonds. The predicted molar refractivity (Wildman–Crippen MR) is 107 cm³/mol. The monoisotopic (exact) mass is 386 g/mol. The molecule has 27 heavy (non-hydrogen) atoms. The van der Waals surface area contributed by atoms with Crippen molar-refractivity contribution in [2.45, 2.75) is 25.7 Å². The van der Waals surface area contributed by atoms with E-state index >= 15 is 0 Å². The van der Waals surface area contributed by atoms with Gasteiger partial charge in [0.1, 0.15) is 0 Å². The van der Waals surface area contributed by atoms with Crippen LogP contribution >= 0.6 is 11.3 Å². The van der Waals surface area contributed by atoms with E-state index in [1.807, 2.05) is 28.0 Å². The third kappa shape index (κ3) is 4.47. The van der Waals surface area contributed by atoms with E-state index < -0.39 is 0 Å². The van der Waals surface area contributed by atoms with Crippen LogP contribution in [0.2, 0.25) is 0 Å². The Kier molecular flexibility index (Phi) is 5.69. The molecule has 2 fully saturated rings. The first-order valence-electron chi connectivity index (χ1n) is 9.81. The number of thiazole rings is 1. The van der Waals surface area contributed by atoms with Crippen molar-refractivity contribution in [2.24, 2.45) is 0 Å². The Morgan fingerprint density at radius 1 is 0.926 bits per heavy atom. The van der Waals surface area contributed by atoms with Gasteiger partial charge in [-0.25, -0.2) is 4.98 Å². The van der Waals surface area contributed by atoms with Crippen LogP contribution in [0.25, 0.3) is 10.2 Å². The van der Waals surface area contributed by atoms with Crippen molar-refractivity contribution in [3.8, 4) is 0 Å². The van der Waals surface area contributed by atoms with E-state index in [-0.39, 0.29) is 11.8 Å². The summed E-state index contributed by atoms with van der Waals surface area (Å²) < 4.78 is 1.18. The molecule has 1 aromatic heterocycles. The molecule has 4 rings (SSSR count). The van der Waals surface area contributed by atoms with Crippen LogP contribution < -0.4 is 0 Å². The summed E-state index contributed by atoms with van der Waals surface area (Å²) >= 11 is 1.67. The number of hydrogen-bond donors (Lipinski definition) is 0. The number of fused-ring (bicyclic) bond motifs is 1. The van der Waals surface area contributed by atoms with Gasteiger partial charge in [-0.05, 0) is 25.0 Å². The van der Waals surface area contributed by atoms with Gasteiger partial charge in [0, 0.05) is 52.1 Å². The Bertz CT molecular complexity index is 774. The van der Waals surface area contributed by atoms with Crippen LogP contribution in [0.5, 0.6) is 0 Å². The highest BCUT2D eigenvalue weighted by Crippen LogP contribution is 2.22. The maximum Gasteiger partial charge on any atom is 0.236 e. The van der Waals surface area contributed by atoms with E-state index in [9.17, 15) is 9.59 Å². The van der Waals surface area contributed by atoms with Gasteiger partial charge in [0.15, 0.2) is 0 Å². The van der Waals surface area contributed by atoms with Crippen LogP contribution in [-0.2, 0) is 16.0 Å². The average Bonchev–Trinajstić information content (AvgIpc) is 3.36. The van der Waals surface area contributed by atoms with Gasteiger partial charge in [0.2, 0.25) is 11.8 Å². The molecule has 144 valence electrons. The van der Waals surface area contributed by atoms with Gasteiger partial charge in [-0.2, -0.15) is 0 Å². The first kappa shape index (κ1) is 18.4. The first-order valence-corrected chi connectivity index (χ1v) is 10.6. The second-order valence-electron chi connectivity index (χ2n) is 7.32. The van der Waals surface area contributed by atoms with Crippen molar-refractivity contribution in [2.75, 3.05) is 45.8 Å². The number of carbonyl (C=O) groups excluding carboxylic acids is 2. The third-order valence-corrected chi connectivity index (χ3v) is 6.53. The smallest absolute Gasteiger partial charge is 0.236 e. The van der Waals surface area contributed by atoms with E-state index in [1.54, 1.807) is 11.3 Å². The number of aryl methyl sites for hydroxylation is 1. The highest BCUT2D eigenvalue weighted by Gasteiger charge is 2.25. The van der Waals surface area contributed by atoms with Crippen molar-refractivity contribution >= 4 is 33.4 Å². The van der Waals surface area contributed by atoms with Gasteiger partial charge in [-0.1, -0.05) is 12.1 Å². The largest absolute Gasteiger partial charge is 0.342 e. The molecule has 3 heterocycles. The lowest BCUT2D eigenvalue weighted by Gasteiger charge is -2.35. The molecule has 0 N–H and O–H groups in total. The van der Waals surface area contributed by atoms with E-state index in [2.05, 4.69) is 16.0 Å². The summed E-state index contributed by atoms with van der Waals surface area (Å²) in [6.45, 7) is 5.30. The molecule has 0 atom stereocenters. The molecule has 0 saturated carbocycles. The van der Waals surface area contributed by atoms with Crippen molar-refractivity contribution in [1.82, 2.24) is 19.7 Å². The van der Waals surface area contributed by atoms with Crippen LogP contribution in [0.1, 0.15) is 24.3 Å². The molecule has 2 aliphatic rings. The molecule has 6 nitrogen and oxygen atoms in total. The van der Waals surface area contributed by atoms with E-state index in [0.717, 1.165) is 49.5 Å². The summed E-state index contributed by atoms with van der Waals surface area (Å²) in [5, 5.41) is 1.03. The Morgan fingerprint density at radius 3 is 2.37 bits per heavy atom. The number of piperazine rings is 1. The number of hydrogen-bond acceptors (Lipinski definition) is 5. The molecule has 2 saturated heterocycles. The Morgan fingerprint density at radius 2 is 1.63 bits per heavy atom. The zero-order chi connectivity index (χ0) is 18.6. The van der Waals surface area contributed by atoms with Gasteiger partial charge in [-0.15, -0.1) is 11.3 Å². The molecule has 2 aromatic rings. The van der Waals surface area contributed by atoms with Gasteiger partial charge in [-0.3, -0.25) is 14.5 Å². The molecule has 0 spiro atoms. The zero-order valence-electron chi connectivity index (χ0n) is 15.6. The van der Waals surface area contributed by atoms with Crippen molar-refractivity contribution < 1.29 is 9.59 Å². The summed E-state index contributed by atoms with van der Waals surface area (Å²) in [7, 11) is 0. The third-order valence-electron chi connectivity index (χ3n) is 5.43. The van der Waals surface area contributed by atoms with Crippen LogP contribution in [0.3, 0.4) is 0 Å². The Hall–Kier alpha value is -1.99. The Labute approximate surface area is 163 Å². The fraction of sp³-hybridized carbons (Fsp3) is 0.550. The van der Waals surface area contributed by atoms with Crippen LogP contribution in [0.15, 0.2) is 24.3 Å². The molecule has 7 heteroatoms. The lowest BCUT2D eigenvalue weighted by atomic mass is 10.2. The lowest BCUT2D eigenvalue weighted by Crippen LogP contribution is -2.51.